The first kappa shape index (κ1) is 26.5. The summed E-state index contributed by atoms with van der Waals surface area (Å²) in [6.45, 7) is 6.72. The zero-order valence-electron chi connectivity index (χ0n) is 21.9. The zero-order valence-corrected chi connectivity index (χ0v) is 21.9. The second-order valence-corrected chi connectivity index (χ2v) is 11.1. The number of alkyl halides is 3. The number of nitrogens with zero attached hydrogens (tertiary/aromatic N) is 5. The number of amides is 2. The molecule has 0 bridgehead atoms. The van der Waals surface area contributed by atoms with Crippen LogP contribution < -0.4 is 10.6 Å². The van der Waals surface area contributed by atoms with E-state index < -0.39 is 17.6 Å². The minimum Gasteiger partial charge on any atom is -0.366 e. The molecule has 5 rings (SSSR count). The van der Waals surface area contributed by atoms with Crippen LogP contribution in [-0.2, 0) is 12.7 Å². The van der Waals surface area contributed by atoms with E-state index in [0.29, 0.717) is 25.3 Å². The van der Waals surface area contributed by atoms with Gasteiger partial charge in [0.05, 0.1) is 5.56 Å². The van der Waals surface area contributed by atoms with E-state index in [-0.39, 0.29) is 29.3 Å². The van der Waals surface area contributed by atoms with Gasteiger partial charge in [0, 0.05) is 49.1 Å². The molecule has 206 valence electrons. The number of carbonyl (C=O) groups is 2. The van der Waals surface area contributed by atoms with Crippen molar-refractivity contribution in [2.75, 3.05) is 24.5 Å². The predicted molar refractivity (Wildman–Crippen MR) is 137 cm³/mol. The number of piperidine rings is 1. The van der Waals surface area contributed by atoms with Crippen LogP contribution in [0.2, 0.25) is 0 Å². The Morgan fingerprint density at radius 2 is 1.74 bits per heavy atom. The number of aromatic nitrogens is 2. The van der Waals surface area contributed by atoms with E-state index in [0.717, 1.165) is 55.3 Å². The van der Waals surface area contributed by atoms with Crippen molar-refractivity contribution in [1.29, 1.82) is 0 Å². The standard InChI is InChI=1S/C27H35F3N6O2/c1-18-4-5-19(2)36(18)23-16-21(27(28,29)30)7-6-20(23)17-34-12-3-9-26(34)10-14-33(15-11-26)25(38)35-13-8-22(32-35)24(31)37/h6-8,13,16,18-19H,3-5,9-12,14-15,17H2,1-2H3,(H2,31,37)/t18-,19+. The number of hydrogen-bond acceptors (Lipinski definition) is 5. The van der Waals surface area contributed by atoms with Gasteiger partial charge in [0.1, 0.15) is 0 Å². The van der Waals surface area contributed by atoms with E-state index in [1.54, 1.807) is 11.0 Å². The average Bonchev–Trinajstić information content (AvgIpc) is 3.59. The maximum absolute atomic E-state index is 13.6. The van der Waals surface area contributed by atoms with Gasteiger partial charge < -0.3 is 15.5 Å². The summed E-state index contributed by atoms with van der Waals surface area (Å²) in [4.78, 5) is 30.6. The molecule has 2 amide bonds. The van der Waals surface area contributed by atoms with Crippen molar-refractivity contribution in [3.8, 4) is 0 Å². The highest BCUT2D eigenvalue weighted by atomic mass is 19.4. The maximum Gasteiger partial charge on any atom is 0.416 e. The number of rotatable bonds is 4. The van der Waals surface area contributed by atoms with Gasteiger partial charge in [-0.2, -0.15) is 23.0 Å². The Morgan fingerprint density at radius 1 is 1.05 bits per heavy atom. The van der Waals surface area contributed by atoms with Gasteiger partial charge in [-0.15, -0.1) is 0 Å². The molecule has 1 spiro atoms. The highest BCUT2D eigenvalue weighted by molar-refractivity contribution is 5.91. The highest BCUT2D eigenvalue weighted by Gasteiger charge is 2.44. The van der Waals surface area contributed by atoms with Crippen LogP contribution in [0, 0.1) is 0 Å². The number of halogens is 3. The molecule has 2 aromatic rings. The largest absolute Gasteiger partial charge is 0.416 e. The van der Waals surface area contributed by atoms with Gasteiger partial charge in [0.25, 0.3) is 5.91 Å². The molecule has 3 fully saturated rings. The quantitative estimate of drug-likeness (QED) is 0.628. The minimum absolute atomic E-state index is 0.0442. The molecule has 1 aromatic heterocycles. The number of carbonyl (C=O) groups excluding carboxylic acids is 2. The fraction of sp³-hybridized carbons (Fsp3) is 0.593. The molecule has 2 atom stereocenters. The van der Waals surface area contributed by atoms with Crippen molar-refractivity contribution in [3.63, 3.8) is 0 Å². The Bertz CT molecular complexity index is 1190. The molecule has 8 nitrogen and oxygen atoms in total. The Balaban J connectivity index is 1.34. The maximum atomic E-state index is 13.6. The minimum atomic E-state index is -4.39. The zero-order chi connectivity index (χ0) is 27.2. The van der Waals surface area contributed by atoms with Crippen LogP contribution in [0.1, 0.15) is 74.0 Å². The Hall–Kier alpha value is -3.08. The summed E-state index contributed by atoms with van der Waals surface area (Å²) in [6, 6.07) is 5.71. The normalized spacial score (nSPS) is 23.9. The third-order valence-electron chi connectivity index (χ3n) is 8.75. The molecule has 38 heavy (non-hydrogen) atoms. The van der Waals surface area contributed by atoms with E-state index in [1.807, 2.05) is 0 Å². The summed E-state index contributed by atoms with van der Waals surface area (Å²) in [7, 11) is 0. The summed E-state index contributed by atoms with van der Waals surface area (Å²) in [6.07, 6.45) is 2.54. The summed E-state index contributed by atoms with van der Waals surface area (Å²) >= 11 is 0. The van der Waals surface area contributed by atoms with Gasteiger partial charge in [-0.05, 0) is 82.7 Å². The first-order valence-corrected chi connectivity index (χ1v) is 13.4. The summed E-state index contributed by atoms with van der Waals surface area (Å²) in [5.41, 5.74) is 6.21. The number of anilines is 1. The van der Waals surface area contributed by atoms with Crippen molar-refractivity contribution in [2.45, 2.75) is 82.7 Å². The summed E-state index contributed by atoms with van der Waals surface area (Å²) in [5.74, 6) is -0.684. The third kappa shape index (κ3) is 4.88. The van der Waals surface area contributed by atoms with E-state index >= 15 is 0 Å². The average molecular weight is 533 g/mol. The smallest absolute Gasteiger partial charge is 0.366 e. The van der Waals surface area contributed by atoms with E-state index in [2.05, 4.69) is 28.7 Å². The Kier molecular flexibility index (Phi) is 6.91. The molecule has 11 heteroatoms. The van der Waals surface area contributed by atoms with Crippen LogP contribution in [0.15, 0.2) is 30.5 Å². The van der Waals surface area contributed by atoms with Crippen molar-refractivity contribution < 1.29 is 22.8 Å². The van der Waals surface area contributed by atoms with Gasteiger partial charge in [0.15, 0.2) is 5.69 Å². The van der Waals surface area contributed by atoms with Crippen molar-refractivity contribution in [1.82, 2.24) is 19.6 Å². The lowest BCUT2D eigenvalue weighted by Gasteiger charge is -2.45. The molecule has 0 unspecified atom stereocenters. The van der Waals surface area contributed by atoms with Crippen LogP contribution in [0.3, 0.4) is 0 Å². The first-order chi connectivity index (χ1) is 18.0. The van der Waals surface area contributed by atoms with Gasteiger partial charge >= 0.3 is 12.2 Å². The summed E-state index contributed by atoms with van der Waals surface area (Å²) in [5, 5.41) is 3.98. The van der Waals surface area contributed by atoms with Crippen LogP contribution in [0.25, 0.3) is 0 Å². The van der Waals surface area contributed by atoms with Gasteiger partial charge in [-0.1, -0.05) is 6.07 Å². The second kappa shape index (κ2) is 9.91. The Labute approximate surface area is 220 Å². The highest BCUT2D eigenvalue weighted by Crippen LogP contribution is 2.43. The number of primary amides is 1. The number of benzene rings is 1. The van der Waals surface area contributed by atoms with E-state index in [4.69, 9.17) is 5.73 Å². The van der Waals surface area contributed by atoms with Crippen molar-refractivity contribution in [2.24, 2.45) is 5.73 Å². The van der Waals surface area contributed by atoms with Crippen molar-refractivity contribution in [3.05, 3.63) is 47.3 Å². The Morgan fingerprint density at radius 3 is 2.34 bits per heavy atom. The van der Waals surface area contributed by atoms with Crippen LogP contribution >= 0.6 is 0 Å². The van der Waals surface area contributed by atoms with Gasteiger partial charge in [-0.3, -0.25) is 9.69 Å². The van der Waals surface area contributed by atoms with E-state index in [9.17, 15) is 22.8 Å². The number of nitrogens with two attached hydrogens (primary N) is 1. The lowest BCUT2D eigenvalue weighted by atomic mass is 9.84. The molecule has 0 aliphatic carbocycles. The molecule has 2 N–H and O–H groups in total. The molecule has 3 aliphatic heterocycles. The predicted octanol–water partition coefficient (Wildman–Crippen LogP) is 4.48. The third-order valence-corrected chi connectivity index (χ3v) is 8.75. The fourth-order valence-corrected chi connectivity index (χ4v) is 6.62. The number of likely N-dealkylation sites (tertiary alicyclic amines) is 2. The van der Waals surface area contributed by atoms with Gasteiger partial charge in [-0.25, -0.2) is 4.79 Å². The monoisotopic (exact) mass is 532 g/mol. The lowest BCUT2D eigenvalue weighted by molar-refractivity contribution is -0.137. The lowest BCUT2D eigenvalue weighted by Crippen LogP contribution is -2.53. The molecule has 3 aliphatic rings. The molecular formula is C27H35F3N6O2. The molecule has 3 saturated heterocycles. The molecular weight excluding hydrogens is 497 g/mol. The SMILES string of the molecule is C[C@@H]1CC[C@H](C)N1c1cc(C(F)(F)F)ccc1CN1CCCC12CCN(C(=O)n1ccc(C(N)=O)n1)CC2. The molecule has 1 aromatic carbocycles. The van der Waals surface area contributed by atoms with Crippen LogP contribution in [0.4, 0.5) is 23.7 Å². The van der Waals surface area contributed by atoms with Crippen molar-refractivity contribution >= 4 is 17.6 Å². The molecule has 0 radical (unpaired) electrons. The first-order valence-electron chi connectivity index (χ1n) is 13.4. The molecule has 4 heterocycles. The van der Waals surface area contributed by atoms with Crippen LogP contribution in [-0.4, -0.2) is 68.8 Å². The fourth-order valence-electron chi connectivity index (χ4n) is 6.62. The van der Waals surface area contributed by atoms with Crippen LogP contribution in [0.5, 0.6) is 0 Å². The summed E-state index contributed by atoms with van der Waals surface area (Å²) < 4.78 is 42.1. The second-order valence-electron chi connectivity index (χ2n) is 11.1. The van der Waals surface area contributed by atoms with Gasteiger partial charge in [0.2, 0.25) is 0 Å². The number of hydrogen-bond donors (Lipinski definition) is 1. The molecule has 0 saturated carbocycles. The topological polar surface area (TPSA) is 87.7 Å². The van der Waals surface area contributed by atoms with E-state index in [1.165, 1.54) is 24.4 Å².